The van der Waals surface area contributed by atoms with Crippen LogP contribution in [-0.2, 0) is 0 Å². The maximum Gasteiger partial charge on any atom is 0.258 e. The number of aliphatic hydroxyl groups excluding tert-OH is 1. The van der Waals surface area contributed by atoms with E-state index in [1.54, 1.807) is 14.0 Å². The third-order valence-electron chi connectivity index (χ3n) is 5.38. The number of methoxy groups -OCH3 is 1. The summed E-state index contributed by atoms with van der Waals surface area (Å²) < 4.78 is 12.4. The van der Waals surface area contributed by atoms with E-state index in [2.05, 4.69) is 46.5 Å². The number of hydrogen-bond donors (Lipinski definition) is 1. The summed E-state index contributed by atoms with van der Waals surface area (Å²) in [5.74, 6) is 1.33. The monoisotopic (exact) mass is 441 g/mol. The molecule has 1 N–H and O–H groups in total. The van der Waals surface area contributed by atoms with Crippen molar-refractivity contribution in [1.29, 1.82) is 0 Å². The molecule has 1 aromatic heterocycles. The molecule has 2 aromatic rings. The lowest BCUT2D eigenvalue weighted by Gasteiger charge is -2.42. The molecule has 1 unspecified atom stereocenters. The number of ether oxygens (including phenoxy) is 1. The Morgan fingerprint density at radius 3 is 2.04 bits per heavy atom. The van der Waals surface area contributed by atoms with Crippen molar-refractivity contribution in [2.75, 3.05) is 7.11 Å². The molecule has 7 heteroatoms. The van der Waals surface area contributed by atoms with Crippen molar-refractivity contribution in [2.45, 2.75) is 71.2 Å². The number of thiazole rings is 1. The minimum Gasteiger partial charge on any atom is -0.543 e. The Hall–Kier alpha value is -1.08. The lowest BCUT2D eigenvalue weighted by atomic mass is 10.1. The molecule has 0 saturated carbocycles. The summed E-state index contributed by atoms with van der Waals surface area (Å²) in [4.78, 5) is 4.56. The highest BCUT2D eigenvalue weighted by molar-refractivity contribution is 7.10. The second-order valence-corrected chi connectivity index (χ2v) is 14.8. The molecule has 0 bridgehead atoms. The Morgan fingerprint density at radius 2 is 1.61 bits per heavy atom. The van der Waals surface area contributed by atoms with E-state index in [1.165, 1.54) is 11.3 Å². The standard InChI is InChI=1S/C21H32ClNO3SSi/c1-12(2)28(13(3)4,14(5)6)26-16-9-17(20(25-8)18(22)10-16)19-11-27-21(23-19)15(7)24/h9-15,24H,1-8H3. The van der Waals surface area contributed by atoms with Crippen LogP contribution in [0.4, 0.5) is 0 Å². The van der Waals surface area contributed by atoms with Crippen LogP contribution in [-0.4, -0.2) is 25.5 Å². The first-order valence-corrected chi connectivity index (χ1v) is 13.1. The van der Waals surface area contributed by atoms with Crippen LogP contribution in [0.15, 0.2) is 17.5 Å². The summed E-state index contributed by atoms with van der Waals surface area (Å²) in [6.45, 7) is 15.3. The average Bonchev–Trinajstić information content (AvgIpc) is 3.08. The lowest BCUT2D eigenvalue weighted by molar-refractivity contribution is 0.199. The quantitative estimate of drug-likeness (QED) is 0.444. The van der Waals surface area contributed by atoms with E-state index in [-0.39, 0.29) is 0 Å². The Morgan fingerprint density at radius 1 is 1.04 bits per heavy atom. The van der Waals surface area contributed by atoms with Crippen molar-refractivity contribution >= 4 is 31.3 Å². The maximum atomic E-state index is 9.83. The lowest BCUT2D eigenvalue weighted by Crippen LogP contribution is -2.50. The fourth-order valence-electron chi connectivity index (χ4n) is 4.19. The number of nitrogens with zero attached hydrogens (tertiary/aromatic N) is 1. The Bertz CT molecular complexity index is 783. The smallest absolute Gasteiger partial charge is 0.258 e. The molecule has 156 valence electrons. The Labute approximate surface area is 179 Å². The average molecular weight is 442 g/mol. The van der Waals surface area contributed by atoms with Crippen molar-refractivity contribution < 1.29 is 14.3 Å². The predicted molar refractivity (Wildman–Crippen MR) is 121 cm³/mol. The van der Waals surface area contributed by atoms with Crippen LogP contribution in [0.2, 0.25) is 21.6 Å². The minimum absolute atomic E-state index is 0.456. The van der Waals surface area contributed by atoms with Crippen molar-refractivity contribution in [3.8, 4) is 22.8 Å². The first-order chi connectivity index (χ1) is 13.0. The molecule has 0 saturated heterocycles. The van der Waals surface area contributed by atoms with E-state index in [0.717, 1.165) is 17.0 Å². The fourth-order valence-corrected chi connectivity index (χ4v) is 10.5. The number of aliphatic hydroxyl groups is 1. The molecule has 1 aromatic carbocycles. The molecule has 2 rings (SSSR count). The summed E-state index contributed by atoms with van der Waals surface area (Å²) in [5.41, 5.74) is 2.89. The zero-order valence-electron chi connectivity index (χ0n) is 18.0. The number of rotatable bonds is 8. The van der Waals surface area contributed by atoms with Gasteiger partial charge in [0, 0.05) is 17.0 Å². The van der Waals surface area contributed by atoms with Crippen LogP contribution in [0.25, 0.3) is 11.3 Å². The van der Waals surface area contributed by atoms with Gasteiger partial charge in [-0.05, 0) is 29.6 Å². The zero-order chi connectivity index (χ0) is 21.2. The molecule has 0 spiro atoms. The van der Waals surface area contributed by atoms with Crippen molar-refractivity contribution in [3.05, 3.63) is 27.5 Å². The number of halogens is 1. The van der Waals surface area contributed by atoms with Crippen LogP contribution < -0.4 is 9.16 Å². The zero-order valence-corrected chi connectivity index (χ0v) is 20.6. The van der Waals surface area contributed by atoms with E-state index >= 15 is 0 Å². The largest absolute Gasteiger partial charge is 0.543 e. The van der Waals surface area contributed by atoms with E-state index < -0.39 is 14.4 Å². The predicted octanol–water partition coefficient (Wildman–Crippen LogP) is 7.08. The van der Waals surface area contributed by atoms with Gasteiger partial charge in [0.2, 0.25) is 0 Å². The highest BCUT2D eigenvalue weighted by atomic mass is 35.5. The van der Waals surface area contributed by atoms with Crippen LogP contribution in [0.1, 0.15) is 59.6 Å². The fraction of sp³-hybridized carbons (Fsp3) is 0.571. The topological polar surface area (TPSA) is 51.6 Å². The van der Waals surface area contributed by atoms with Crippen molar-refractivity contribution in [2.24, 2.45) is 0 Å². The van der Waals surface area contributed by atoms with Crippen LogP contribution in [0.5, 0.6) is 11.5 Å². The summed E-state index contributed by atoms with van der Waals surface area (Å²) >= 11 is 7.98. The molecular formula is C21H32ClNO3SSi. The van der Waals surface area contributed by atoms with Gasteiger partial charge in [0.25, 0.3) is 8.32 Å². The molecule has 0 aliphatic carbocycles. The van der Waals surface area contributed by atoms with Crippen molar-refractivity contribution in [3.63, 3.8) is 0 Å². The molecule has 0 aliphatic rings. The molecule has 0 amide bonds. The molecule has 28 heavy (non-hydrogen) atoms. The highest BCUT2D eigenvalue weighted by Gasteiger charge is 2.47. The van der Waals surface area contributed by atoms with Crippen molar-refractivity contribution in [1.82, 2.24) is 4.98 Å². The molecule has 0 radical (unpaired) electrons. The van der Waals surface area contributed by atoms with Crippen LogP contribution in [0.3, 0.4) is 0 Å². The number of hydrogen-bond acceptors (Lipinski definition) is 5. The second kappa shape index (κ2) is 9.16. The number of aromatic nitrogens is 1. The van der Waals surface area contributed by atoms with Gasteiger partial charge in [-0.1, -0.05) is 53.1 Å². The molecule has 4 nitrogen and oxygen atoms in total. The van der Waals surface area contributed by atoms with E-state index in [9.17, 15) is 5.11 Å². The van der Waals surface area contributed by atoms with Gasteiger partial charge >= 0.3 is 0 Å². The molecule has 1 heterocycles. The van der Waals surface area contributed by atoms with Gasteiger partial charge < -0.3 is 14.3 Å². The maximum absolute atomic E-state index is 9.83. The van der Waals surface area contributed by atoms with E-state index in [0.29, 0.717) is 32.4 Å². The van der Waals surface area contributed by atoms with Crippen LogP contribution >= 0.6 is 22.9 Å². The van der Waals surface area contributed by atoms with Gasteiger partial charge in [0.15, 0.2) is 0 Å². The van der Waals surface area contributed by atoms with Gasteiger partial charge in [0.05, 0.1) is 17.8 Å². The first-order valence-electron chi connectivity index (χ1n) is 9.74. The van der Waals surface area contributed by atoms with Gasteiger partial charge in [0.1, 0.15) is 22.6 Å². The summed E-state index contributed by atoms with van der Waals surface area (Å²) in [5, 5.41) is 12.9. The first kappa shape index (κ1) is 23.2. The van der Waals surface area contributed by atoms with E-state index in [1.807, 2.05) is 17.5 Å². The summed E-state index contributed by atoms with van der Waals surface area (Å²) in [6.07, 6.45) is -0.609. The highest BCUT2D eigenvalue weighted by Crippen LogP contribution is 2.46. The van der Waals surface area contributed by atoms with E-state index in [4.69, 9.17) is 20.8 Å². The Kier molecular flexibility index (Phi) is 7.59. The molecule has 1 atom stereocenters. The molecular weight excluding hydrogens is 410 g/mol. The van der Waals surface area contributed by atoms with Gasteiger partial charge in [-0.25, -0.2) is 4.98 Å². The van der Waals surface area contributed by atoms with Crippen LogP contribution in [0, 0.1) is 0 Å². The second-order valence-electron chi connectivity index (χ2n) is 8.15. The van der Waals surface area contributed by atoms with Gasteiger partial charge in [-0.3, -0.25) is 0 Å². The Balaban J connectivity index is 2.58. The van der Waals surface area contributed by atoms with Gasteiger partial charge in [-0.2, -0.15) is 0 Å². The SMILES string of the molecule is COc1c(Cl)cc(O[Si](C(C)C)(C(C)C)C(C)C)cc1-c1csc(C(C)O)n1. The third kappa shape index (κ3) is 4.40. The third-order valence-corrected chi connectivity index (χ3v) is 12.7. The normalized spacial score (nSPS) is 13.5. The molecule has 0 fully saturated rings. The minimum atomic E-state index is -2.11. The molecule has 0 aliphatic heterocycles. The number of benzene rings is 1. The summed E-state index contributed by atoms with van der Waals surface area (Å²) in [6, 6.07) is 3.82. The summed E-state index contributed by atoms with van der Waals surface area (Å²) in [7, 11) is -0.513. The van der Waals surface area contributed by atoms with Gasteiger partial charge in [-0.15, -0.1) is 11.3 Å².